The second-order valence-electron chi connectivity index (χ2n) is 3.49. The van der Waals surface area contributed by atoms with Crippen molar-refractivity contribution in [2.24, 2.45) is 10.9 Å². The Bertz CT molecular complexity index is 350. The van der Waals surface area contributed by atoms with E-state index in [1.807, 2.05) is 13.8 Å². The Morgan fingerprint density at radius 1 is 1.53 bits per heavy atom. The predicted octanol–water partition coefficient (Wildman–Crippen LogP) is 2.04. The maximum Gasteiger partial charge on any atom is 0.129 e. The van der Waals surface area contributed by atoms with Crippen molar-refractivity contribution in [1.29, 1.82) is 0 Å². The van der Waals surface area contributed by atoms with Crippen LogP contribution in [0.15, 0.2) is 23.3 Å². The third kappa shape index (κ3) is 3.67. The van der Waals surface area contributed by atoms with Crippen molar-refractivity contribution in [2.45, 2.75) is 26.6 Å². The van der Waals surface area contributed by atoms with Crippen molar-refractivity contribution >= 4 is 6.21 Å². The second-order valence-corrected chi connectivity index (χ2v) is 3.49. The average Bonchev–Trinajstić information content (AvgIpc) is 2.17. The minimum Gasteiger partial charge on any atom is -0.374 e. The summed E-state index contributed by atoms with van der Waals surface area (Å²) in [4.78, 5) is 0. The van der Waals surface area contributed by atoms with Gasteiger partial charge in [-0.15, -0.1) is 0 Å². The van der Waals surface area contributed by atoms with Crippen LogP contribution in [0.2, 0.25) is 0 Å². The third-order valence-corrected chi connectivity index (χ3v) is 1.87. The summed E-state index contributed by atoms with van der Waals surface area (Å²) in [6.45, 7) is 4.10. The highest BCUT2D eigenvalue weighted by Crippen LogP contribution is 2.11. The van der Waals surface area contributed by atoms with Crippen LogP contribution in [0.4, 0.5) is 4.39 Å². The Balaban J connectivity index is 2.74. The molecule has 0 spiro atoms. The summed E-state index contributed by atoms with van der Waals surface area (Å²) in [7, 11) is 0. The molecule has 82 valence electrons. The third-order valence-electron chi connectivity index (χ3n) is 1.87. The molecule has 1 aromatic carbocycles. The zero-order valence-electron chi connectivity index (χ0n) is 8.90. The zero-order chi connectivity index (χ0) is 11.3. The van der Waals surface area contributed by atoms with E-state index in [0.717, 1.165) is 0 Å². The summed E-state index contributed by atoms with van der Waals surface area (Å²) in [5, 5.41) is 3.33. The van der Waals surface area contributed by atoms with E-state index in [-0.39, 0.29) is 18.5 Å². The standard InChI is InChI=1S/C11H15FN2O/c1-8(2)15-7-10-4-3-9(6-14-13)5-11(10)12/h3-6,8H,7,13H2,1-2H3. The highest BCUT2D eigenvalue weighted by Gasteiger charge is 2.03. The normalized spacial score (nSPS) is 11.5. The molecule has 15 heavy (non-hydrogen) atoms. The first-order chi connectivity index (χ1) is 7.13. The Hall–Kier alpha value is -1.42. The molecule has 0 aliphatic heterocycles. The average molecular weight is 210 g/mol. The minimum absolute atomic E-state index is 0.0923. The lowest BCUT2D eigenvalue weighted by molar-refractivity contribution is 0.0639. The number of benzene rings is 1. The van der Waals surface area contributed by atoms with E-state index in [9.17, 15) is 4.39 Å². The zero-order valence-corrected chi connectivity index (χ0v) is 8.90. The van der Waals surface area contributed by atoms with Crippen molar-refractivity contribution in [3.63, 3.8) is 0 Å². The molecule has 0 saturated heterocycles. The van der Waals surface area contributed by atoms with Crippen molar-refractivity contribution in [2.75, 3.05) is 0 Å². The largest absolute Gasteiger partial charge is 0.374 e. The highest BCUT2D eigenvalue weighted by molar-refractivity contribution is 5.79. The molecule has 4 heteroatoms. The van der Waals surface area contributed by atoms with Gasteiger partial charge in [0.05, 0.1) is 18.9 Å². The summed E-state index contributed by atoms with van der Waals surface area (Å²) < 4.78 is 18.8. The van der Waals surface area contributed by atoms with Crippen LogP contribution < -0.4 is 5.84 Å². The number of hydrogen-bond acceptors (Lipinski definition) is 3. The molecule has 0 amide bonds. The lowest BCUT2D eigenvalue weighted by atomic mass is 10.1. The molecule has 0 aliphatic carbocycles. The molecule has 0 aliphatic rings. The Kier molecular flexibility index (Phi) is 4.24. The van der Waals surface area contributed by atoms with E-state index in [4.69, 9.17) is 10.6 Å². The molecular formula is C11H15FN2O. The molecule has 0 atom stereocenters. The number of nitrogens with zero attached hydrogens (tertiary/aromatic N) is 1. The summed E-state index contributed by atoms with van der Waals surface area (Å²) in [5.74, 6) is 4.67. The number of hydrogen-bond donors (Lipinski definition) is 1. The van der Waals surface area contributed by atoms with Gasteiger partial charge in [-0.2, -0.15) is 5.10 Å². The van der Waals surface area contributed by atoms with Gasteiger partial charge in [-0.3, -0.25) is 0 Å². The first-order valence-electron chi connectivity index (χ1n) is 4.76. The number of ether oxygens (including phenoxy) is 1. The number of rotatable bonds is 4. The van der Waals surface area contributed by atoms with Gasteiger partial charge < -0.3 is 10.6 Å². The number of nitrogens with two attached hydrogens (primary N) is 1. The van der Waals surface area contributed by atoms with E-state index in [1.165, 1.54) is 12.3 Å². The summed E-state index contributed by atoms with van der Waals surface area (Å²) in [6, 6.07) is 4.81. The van der Waals surface area contributed by atoms with Crippen molar-refractivity contribution in [3.05, 3.63) is 35.1 Å². The molecule has 2 N–H and O–H groups in total. The lowest BCUT2D eigenvalue weighted by Crippen LogP contribution is -2.04. The number of halogens is 1. The summed E-state index contributed by atoms with van der Waals surface area (Å²) in [5.41, 5.74) is 1.18. The molecular weight excluding hydrogens is 195 g/mol. The first kappa shape index (κ1) is 11.7. The van der Waals surface area contributed by atoms with E-state index < -0.39 is 0 Å². The fourth-order valence-corrected chi connectivity index (χ4v) is 1.10. The van der Waals surface area contributed by atoms with Gasteiger partial charge in [-0.25, -0.2) is 4.39 Å². The second kappa shape index (κ2) is 5.46. The molecule has 0 radical (unpaired) electrons. The van der Waals surface area contributed by atoms with Crippen LogP contribution in [-0.4, -0.2) is 12.3 Å². The topological polar surface area (TPSA) is 47.6 Å². The smallest absolute Gasteiger partial charge is 0.129 e. The fourth-order valence-electron chi connectivity index (χ4n) is 1.10. The Morgan fingerprint density at radius 2 is 2.27 bits per heavy atom. The monoisotopic (exact) mass is 210 g/mol. The van der Waals surface area contributed by atoms with Crippen LogP contribution in [0.5, 0.6) is 0 Å². The van der Waals surface area contributed by atoms with E-state index in [1.54, 1.807) is 12.1 Å². The van der Waals surface area contributed by atoms with Crippen LogP contribution in [0, 0.1) is 5.82 Å². The van der Waals surface area contributed by atoms with Gasteiger partial charge in [-0.05, 0) is 25.5 Å². The summed E-state index contributed by atoms with van der Waals surface area (Å²) >= 11 is 0. The molecule has 0 aromatic heterocycles. The van der Waals surface area contributed by atoms with Crippen LogP contribution in [-0.2, 0) is 11.3 Å². The van der Waals surface area contributed by atoms with Gasteiger partial charge in [0.2, 0.25) is 0 Å². The van der Waals surface area contributed by atoms with Crippen LogP contribution in [0.3, 0.4) is 0 Å². The van der Waals surface area contributed by atoms with E-state index in [0.29, 0.717) is 11.1 Å². The Morgan fingerprint density at radius 3 is 2.80 bits per heavy atom. The van der Waals surface area contributed by atoms with Crippen LogP contribution in [0.1, 0.15) is 25.0 Å². The van der Waals surface area contributed by atoms with Crippen LogP contribution >= 0.6 is 0 Å². The molecule has 3 nitrogen and oxygen atoms in total. The van der Waals surface area contributed by atoms with Gasteiger partial charge in [0.15, 0.2) is 0 Å². The van der Waals surface area contributed by atoms with E-state index >= 15 is 0 Å². The quantitative estimate of drug-likeness (QED) is 0.469. The summed E-state index contributed by atoms with van der Waals surface area (Å²) in [6.07, 6.45) is 1.49. The lowest BCUT2D eigenvalue weighted by Gasteiger charge is -2.08. The fraction of sp³-hybridized carbons (Fsp3) is 0.364. The maximum atomic E-state index is 13.4. The van der Waals surface area contributed by atoms with Crippen molar-refractivity contribution in [1.82, 2.24) is 0 Å². The molecule has 1 aromatic rings. The highest BCUT2D eigenvalue weighted by atomic mass is 19.1. The van der Waals surface area contributed by atoms with Gasteiger partial charge in [-0.1, -0.05) is 12.1 Å². The molecule has 1 rings (SSSR count). The van der Waals surface area contributed by atoms with Gasteiger partial charge in [0, 0.05) is 5.56 Å². The molecule has 0 bridgehead atoms. The van der Waals surface area contributed by atoms with Gasteiger partial charge in [0.1, 0.15) is 5.82 Å². The van der Waals surface area contributed by atoms with Gasteiger partial charge in [0.25, 0.3) is 0 Å². The van der Waals surface area contributed by atoms with E-state index in [2.05, 4.69) is 5.10 Å². The van der Waals surface area contributed by atoms with Crippen molar-refractivity contribution < 1.29 is 9.13 Å². The van der Waals surface area contributed by atoms with Crippen molar-refractivity contribution in [3.8, 4) is 0 Å². The minimum atomic E-state index is -0.298. The molecule has 0 heterocycles. The van der Waals surface area contributed by atoms with Gasteiger partial charge >= 0.3 is 0 Å². The molecule has 0 saturated carbocycles. The predicted molar refractivity (Wildman–Crippen MR) is 58.1 cm³/mol. The maximum absolute atomic E-state index is 13.4. The SMILES string of the molecule is CC(C)OCc1ccc(C=NN)cc1F. The molecule has 0 unspecified atom stereocenters. The molecule has 0 fully saturated rings. The van der Waals surface area contributed by atoms with Crippen LogP contribution in [0.25, 0.3) is 0 Å². The number of hydrazone groups is 1. The Labute approximate surface area is 88.7 Å². The first-order valence-corrected chi connectivity index (χ1v) is 4.76.